The number of H-pyrrole nitrogens is 1. The average molecular weight is 498 g/mol. The summed E-state index contributed by atoms with van der Waals surface area (Å²) in [5.74, 6) is -2.25. The number of aromatic amines is 1. The number of aliphatic carboxylic acids is 1. The first-order chi connectivity index (χ1) is 16.5. The highest BCUT2D eigenvalue weighted by Gasteiger charge is 2.35. The largest absolute Gasteiger partial charge is 0.481 e. The Kier molecular flexibility index (Phi) is 8.63. The number of benzene rings is 1. The molecule has 35 heavy (non-hydrogen) atoms. The molecule has 11 heteroatoms. The lowest BCUT2D eigenvalue weighted by Crippen LogP contribution is -2.41. The minimum absolute atomic E-state index is 0.0611. The van der Waals surface area contributed by atoms with Crippen molar-refractivity contribution in [2.75, 3.05) is 23.9 Å². The topological polar surface area (TPSA) is 103 Å². The van der Waals surface area contributed by atoms with Crippen molar-refractivity contribution in [1.29, 1.82) is 0 Å². The molecule has 0 radical (unpaired) electrons. The number of hydrogen-bond donors (Lipinski definition) is 3. The second-order valence-corrected chi connectivity index (χ2v) is 9.62. The Balaban J connectivity index is 1.99. The van der Waals surface area contributed by atoms with E-state index in [2.05, 4.69) is 34.1 Å². The van der Waals surface area contributed by atoms with Crippen LogP contribution >= 0.6 is 0 Å². The predicted molar refractivity (Wildman–Crippen MR) is 127 cm³/mol. The highest BCUT2D eigenvalue weighted by atomic mass is 19.4. The Bertz CT molecular complexity index is 987. The summed E-state index contributed by atoms with van der Waals surface area (Å²) in [7, 11) is 1.72. The molecule has 1 unspecified atom stereocenters. The molecule has 1 aliphatic carbocycles. The number of anilines is 3. The summed E-state index contributed by atoms with van der Waals surface area (Å²) in [5, 5.41) is 17.8. The van der Waals surface area contributed by atoms with E-state index in [0.29, 0.717) is 11.6 Å². The van der Waals surface area contributed by atoms with Gasteiger partial charge in [0.25, 0.3) is 0 Å². The molecule has 0 spiro atoms. The minimum Gasteiger partial charge on any atom is -0.481 e. The van der Waals surface area contributed by atoms with Crippen LogP contribution in [0.15, 0.2) is 18.2 Å². The molecule has 8 nitrogen and oxygen atoms in total. The van der Waals surface area contributed by atoms with Crippen LogP contribution in [0, 0.1) is 5.92 Å². The maximum Gasteiger partial charge on any atom is 0.451 e. The number of ether oxygens (including phenoxy) is 1. The number of hydrogen-bond acceptors (Lipinski definition) is 6. The SMILES string of the molecule is COC1CCC(N(CC(C)C)c2ccc(C(C)CC(=O)O)cc2Nc2n[nH]c(C(F)(F)F)n2)CC1. The summed E-state index contributed by atoms with van der Waals surface area (Å²) in [6.45, 7) is 6.80. The number of carbonyl (C=O) groups is 1. The standard InChI is InChI=1S/C24H34F3N5O3/c1-14(2)13-32(17-6-8-18(35-4)9-7-17)20-10-5-16(15(3)11-21(33)34)12-19(20)28-23-29-22(30-31-23)24(25,26)27/h5,10,12,14-15,17-18H,6-9,11,13H2,1-4H3,(H,33,34)(H2,28,29,30,31). The van der Waals surface area contributed by atoms with Crippen LogP contribution < -0.4 is 10.2 Å². The molecule has 3 N–H and O–H groups in total. The average Bonchev–Trinajstić information content (AvgIpc) is 3.26. The summed E-state index contributed by atoms with van der Waals surface area (Å²) in [5.41, 5.74) is 2.13. The molecule has 1 aromatic heterocycles. The van der Waals surface area contributed by atoms with E-state index in [-0.39, 0.29) is 30.4 Å². The van der Waals surface area contributed by atoms with E-state index < -0.39 is 18.0 Å². The lowest BCUT2D eigenvalue weighted by Gasteiger charge is -2.40. The third-order valence-corrected chi connectivity index (χ3v) is 6.36. The van der Waals surface area contributed by atoms with Gasteiger partial charge >= 0.3 is 12.1 Å². The van der Waals surface area contributed by atoms with E-state index in [9.17, 15) is 23.1 Å². The minimum atomic E-state index is -4.64. The molecular formula is C24H34F3N5O3. The second kappa shape index (κ2) is 11.3. The Hall–Kier alpha value is -2.82. The highest BCUT2D eigenvalue weighted by Crippen LogP contribution is 2.37. The molecule has 0 saturated heterocycles. The fourth-order valence-corrected chi connectivity index (χ4v) is 4.59. The summed E-state index contributed by atoms with van der Waals surface area (Å²) in [6.07, 6.45) is -0.741. The van der Waals surface area contributed by atoms with E-state index in [1.54, 1.807) is 20.1 Å². The first kappa shape index (κ1) is 26.8. The Morgan fingerprint density at radius 3 is 2.49 bits per heavy atom. The maximum atomic E-state index is 13.1. The number of rotatable bonds is 10. The van der Waals surface area contributed by atoms with Gasteiger partial charge in [0.2, 0.25) is 11.8 Å². The van der Waals surface area contributed by atoms with Crippen molar-refractivity contribution in [2.24, 2.45) is 5.92 Å². The zero-order chi connectivity index (χ0) is 25.8. The summed E-state index contributed by atoms with van der Waals surface area (Å²) >= 11 is 0. The Labute approximate surface area is 203 Å². The molecule has 1 heterocycles. The molecule has 1 atom stereocenters. The van der Waals surface area contributed by atoms with Crippen molar-refractivity contribution < 1.29 is 27.8 Å². The Morgan fingerprint density at radius 2 is 1.94 bits per heavy atom. The van der Waals surface area contributed by atoms with Gasteiger partial charge in [-0.2, -0.15) is 18.2 Å². The molecule has 194 valence electrons. The monoisotopic (exact) mass is 497 g/mol. The third-order valence-electron chi connectivity index (χ3n) is 6.36. The first-order valence-electron chi connectivity index (χ1n) is 11.9. The van der Waals surface area contributed by atoms with E-state index in [1.165, 1.54) is 0 Å². The number of halogens is 3. The number of carboxylic acids is 1. The second-order valence-electron chi connectivity index (χ2n) is 9.62. The van der Waals surface area contributed by atoms with E-state index in [4.69, 9.17) is 4.74 Å². The summed E-state index contributed by atoms with van der Waals surface area (Å²) in [6, 6.07) is 5.84. The molecule has 1 aromatic carbocycles. The van der Waals surface area contributed by atoms with Gasteiger partial charge in [-0.25, -0.2) is 0 Å². The molecule has 1 aliphatic rings. The number of alkyl halides is 3. The lowest BCUT2D eigenvalue weighted by atomic mass is 9.90. The summed E-state index contributed by atoms with van der Waals surface area (Å²) in [4.78, 5) is 17.1. The van der Waals surface area contributed by atoms with Crippen LogP contribution in [-0.4, -0.2) is 52.1 Å². The van der Waals surface area contributed by atoms with Crippen molar-refractivity contribution >= 4 is 23.3 Å². The Morgan fingerprint density at radius 1 is 1.26 bits per heavy atom. The molecule has 1 fully saturated rings. The van der Waals surface area contributed by atoms with E-state index in [1.807, 2.05) is 17.2 Å². The molecule has 3 rings (SSSR count). The number of nitrogens with zero attached hydrogens (tertiary/aromatic N) is 3. The van der Waals surface area contributed by atoms with Gasteiger partial charge in [0.05, 0.1) is 23.9 Å². The molecule has 0 amide bonds. The van der Waals surface area contributed by atoms with Gasteiger partial charge < -0.3 is 20.1 Å². The van der Waals surface area contributed by atoms with Gasteiger partial charge in [-0.15, -0.1) is 5.10 Å². The fraction of sp³-hybridized carbons (Fsp3) is 0.625. The van der Waals surface area contributed by atoms with Crippen LogP contribution in [0.4, 0.5) is 30.5 Å². The normalized spacial score (nSPS) is 19.5. The number of carboxylic acid groups (broad SMARTS) is 1. The number of methoxy groups -OCH3 is 1. The molecule has 1 saturated carbocycles. The summed E-state index contributed by atoms with van der Waals surface area (Å²) < 4.78 is 44.7. The zero-order valence-corrected chi connectivity index (χ0v) is 20.5. The third kappa shape index (κ3) is 7.09. The van der Waals surface area contributed by atoms with Gasteiger partial charge in [0.1, 0.15) is 0 Å². The van der Waals surface area contributed by atoms with E-state index >= 15 is 0 Å². The van der Waals surface area contributed by atoms with Gasteiger partial charge in [0.15, 0.2) is 0 Å². The van der Waals surface area contributed by atoms with Crippen molar-refractivity contribution in [1.82, 2.24) is 15.2 Å². The lowest BCUT2D eigenvalue weighted by molar-refractivity contribution is -0.144. The van der Waals surface area contributed by atoms with Crippen LogP contribution in [0.2, 0.25) is 0 Å². The van der Waals surface area contributed by atoms with Gasteiger partial charge in [-0.3, -0.25) is 9.89 Å². The molecule has 2 aromatic rings. The molecule has 0 bridgehead atoms. The zero-order valence-electron chi connectivity index (χ0n) is 20.5. The van der Waals surface area contributed by atoms with Gasteiger partial charge in [-0.1, -0.05) is 26.8 Å². The van der Waals surface area contributed by atoms with Crippen molar-refractivity contribution in [2.45, 2.75) is 77.1 Å². The first-order valence-corrected chi connectivity index (χ1v) is 11.9. The maximum absolute atomic E-state index is 13.1. The van der Waals surface area contributed by atoms with Gasteiger partial charge in [0, 0.05) is 19.7 Å². The van der Waals surface area contributed by atoms with Crippen molar-refractivity contribution in [3.8, 4) is 0 Å². The highest BCUT2D eigenvalue weighted by molar-refractivity contribution is 5.75. The predicted octanol–water partition coefficient (Wildman–Crippen LogP) is 5.57. The van der Waals surface area contributed by atoms with Crippen molar-refractivity contribution in [3.05, 3.63) is 29.6 Å². The van der Waals surface area contributed by atoms with Crippen LogP contribution in [-0.2, 0) is 15.7 Å². The fourth-order valence-electron chi connectivity index (χ4n) is 4.59. The van der Waals surface area contributed by atoms with Gasteiger partial charge in [-0.05, 0) is 55.2 Å². The van der Waals surface area contributed by atoms with Crippen molar-refractivity contribution in [3.63, 3.8) is 0 Å². The van der Waals surface area contributed by atoms with E-state index in [0.717, 1.165) is 43.5 Å². The van der Waals surface area contributed by atoms with Crippen LogP contribution in [0.25, 0.3) is 0 Å². The van der Waals surface area contributed by atoms with Crippen LogP contribution in [0.1, 0.15) is 70.2 Å². The molecular weight excluding hydrogens is 463 g/mol. The van der Waals surface area contributed by atoms with Crippen LogP contribution in [0.3, 0.4) is 0 Å². The van der Waals surface area contributed by atoms with Crippen LogP contribution in [0.5, 0.6) is 0 Å². The number of aromatic nitrogens is 3. The molecule has 0 aliphatic heterocycles. The number of nitrogens with one attached hydrogen (secondary N) is 2. The quantitative estimate of drug-likeness (QED) is 0.395. The smallest absolute Gasteiger partial charge is 0.451 e.